The first-order valence-corrected chi connectivity index (χ1v) is 19.5. The minimum Gasteiger partial charge on any atom is -0.309 e. The molecule has 10 aromatic rings. The lowest BCUT2D eigenvalue weighted by molar-refractivity contribution is 1.16. The first-order chi connectivity index (χ1) is 30.5. The van der Waals surface area contributed by atoms with Crippen LogP contribution in [-0.2, 0) is 0 Å². The summed E-state index contributed by atoms with van der Waals surface area (Å²) in [5.74, 6) is 0. The second-order valence-corrected chi connectivity index (χ2v) is 14.8. The van der Waals surface area contributed by atoms with Crippen molar-refractivity contribution in [3.63, 3.8) is 0 Å². The Balaban J connectivity index is 1.24. The minimum absolute atomic E-state index is 0.406. The van der Waals surface area contributed by atoms with Crippen molar-refractivity contribution in [2.75, 3.05) is 0 Å². The molecule has 282 valence electrons. The van der Waals surface area contributed by atoms with E-state index >= 15 is 0 Å². The number of nitriles is 6. The Bertz CT molecular complexity index is 3840. The molecular formula is C54H26N8. The third kappa shape index (κ3) is 5.63. The minimum atomic E-state index is 0.406. The third-order valence-corrected chi connectivity index (χ3v) is 11.5. The van der Waals surface area contributed by atoms with Crippen molar-refractivity contribution in [3.8, 4) is 81.2 Å². The molecule has 0 aliphatic rings. The molecule has 0 radical (unpaired) electrons. The van der Waals surface area contributed by atoms with Gasteiger partial charge in [-0.1, -0.05) is 66.7 Å². The van der Waals surface area contributed by atoms with Crippen molar-refractivity contribution in [2.45, 2.75) is 0 Å². The predicted molar refractivity (Wildman–Crippen MR) is 240 cm³/mol. The average molecular weight is 787 g/mol. The first-order valence-electron chi connectivity index (χ1n) is 19.5. The second-order valence-electron chi connectivity index (χ2n) is 14.8. The van der Waals surface area contributed by atoms with Gasteiger partial charge in [-0.15, -0.1) is 0 Å². The van der Waals surface area contributed by atoms with Gasteiger partial charge >= 0.3 is 0 Å². The molecule has 0 amide bonds. The van der Waals surface area contributed by atoms with Gasteiger partial charge in [-0.05, 0) is 113 Å². The predicted octanol–water partition coefficient (Wildman–Crippen LogP) is 12.1. The summed E-state index contributed by atoms with van der Waals surface area (Å²) < 4.78 is 4.31. The highest BCUT2D eigenvalue weighted by molar-refractivity contribution is 6.13. The van der Waals surface area contributed by atoms with Crippen LogP contribution in [0.15, 0.2) is 158 Å². The number of hydrogen-bond acceptors (Lipinski definition) is 6. The molecule has 0 N–H and O–H groups in total. The van der Waals surface area contributed by atoms with Gasteiger partial charge in [0.25, 0.3) is 0 Å². The van der Waals surface area contributed by atoms with E-state index in [1.807, 2.05) is 97.1 Å². The van der Waals surface area contributed by atoms with Crippen LogP contribution in [0.4, 0.5) is 0 Å². The maximum absolute atomic E-state index is 10.9. The fourth-order valence-electron chi connectivity index (χ4n) is 8.82. The van der Waals surface area contributed by atoms with Crippen LogP contribution in [0.3, 0.4) is 0 Å². The highest BCUT2D eigenvalue weighted by atomic mass is 15.0. The largest absolute Gasteiger partial charge is 0.309 e. The highest BCUT2D eigenvalue weighted by Crippen LogP contribution is 2.44. The zero-order valence-corrected chi connectivity index (χ0v) is 32.6. The average Bonchev–Trinajstić information content (AvgIpc) is 3.85. The monoisotopic (exact) mass is 786 g/mol. The zero-order valence-electron chi connectivity index (χ0n) is 32.6. The summed E-state index contributed by atoms with van der Waals surface area (Å²) in [5, 5.41) is 64.1. The van der Waals surface area contributed by atoms with E-state index in [4.69, 9.17) is 0 Å². The van der Waals surface area contributed by atoms with Gasteiger partial charge in [0.05, 0.1) is 103 Å². The Morgan fingerprint density at radius 1 is 0.306 bits per heavy atom. The van der Waals surface area contributed by atoms with E-state index in [0.717, 1.165) is 77.2 Å². The van der Waals surface area contributed by atoms with Crippen LogP contribution in [0.1, 0.15) is 33.4 Å². The molecule has 0 saturated carbocycles. The number of benzene rings is 8. The molecule has 10 rings (SSSR count). The fourth-order valence-corrected chi connectivity index (χ4v) is 8.82. The maximum Gasteiger partial charge on any atom is 0.0998 e. The standard InChI is InChI=1S/C54H26N8/c55-27-33-12-17-41(39(22-33)31-59)36-15-20-50-45(25-36)43-7-1-3-9-48(43)61(50)52-19-14-35(29-57)24-47(52)54-38(30-58)6-5-11-53(54)62-49-10-4-2-8-44(49)46-26-37(16-21-51(46)62)42-18-13-34(28-56)23-40(42)32-60/h1-26H. The summed E-state index contributed by atoms with van der Waals surface area (Å²) in [7, 11) is 0. The van der Waals surface area contributed by atoms with Gasteiger partial charge < -0.3 is 9.13 Å². The lowest BCUT2D eigenvalue weighted by Crippen LogP contribution is -2.04. The summed E-state index contributed by atoms with van der Waals surface area (Å²) in [4.78, 5) is 0. The van der Waals surface area contributed by atoms with Gasteiger partial charge in [0.1, 0.15) is 0 Å². The molecule has 0 bridgehead atoms. The summed E-state index contributed by atoms with van der Waals surface area (Å²) in [6, 6.07) is 63.3. The molecule has 8 aromatic carbocycles. The molecule has 0 spiro atoms. The Morgan fingerprint density at radius 2 is 0.774 bits per heavy atom. The Kier molecular flexibility index (Phi) is 8.62. The van der Waals surface area contributed by atoms with E-state index in [0.29, 0.717) is 44.5 Å². The van der Waals surface area contributed by atoms with Gasteiger partial charge in [0.2, 0.25) is 0 Å². The number of fused-ring (bicyclic) bond motifs is 6. The molecule has 0 aliphatic heterocycles. The summed E-state index contributed by atoms with van der Waals surface area (Å²) in [6.45, 7) is 0. The number of aromatic nitrogens is 2. The van der Waals surface area contributed by atoms with E-state index in [1.54, 1.807) is 36.4 Å². The summed E-state index contributed by atoms with van der Waals surface area (Å²) in [6.07, 6.45) is 0. The van der Waals surface area contributed by atoms with Crippen molar-refractivity contribution in [2.24, 2.45) is 0 Å². The van der Waals surface area contributed by atoms with E-state index in [1.165, 1.54) is 0 Å². The maximum atomic E-state index is 10.9. The van der Waals surface area contributed by atoms with Crippen LogP contribution < -0.4 is 0 Å². The molecular weight excluding hydrogens is 761 g/mol. The van der Waals surface area contributed by atoms with Crippen molar-refractivity contribution in [3.05, 3.63) is 191 Å². The highest BCUT2D eigenvalue weighted by Gasteiger charge is 2.24. The normalized spacial score (nSPS) is 10.8. The van der Waals surface area contributed by atoms with Crippen molar-refractivity contribution in [1.29, 1.82) is 31.6 Å². The van der Waals surface area contributed by atoms with Gasteiger partial charge in [0.15, 0.2) is 0 Å². The molecule has 0 fully saturated rings. The van der Waals surface area contributed by atoms with Crippen molar-refractivity contribution in [1.82, 2.24) is 9.13 Å². The van der Waals surface area contributed by atoms with E-state index in [9.17, 15) is 31.6 Å². The lowest BCUT2D eigenvalue weighted by Gasteiger charge is -2.20. The molecule has 2 heterocycles. The zero-order chi connectivity index (χ0) is 42.5. The fraction of sp³-hybridized carbons (Fsp3) is 0. The van der Waals surface area contributed by atoms with Gasteiger partial charge in [-0.3, -0.25) is 0 Å². The van der Waals surface area contributed by atoms with Crippen molar-refractivity contribution < 1.29 is 0 Å². The summed E-state index contributed by atoms with van der Waals surface area (Å²) in [5.41, 5.74) is 12.0. The number of rotatable bonds is 5. The Morgan fingerprint density at radius 3 is 1.29 bits per heavy atom. The van der Waals surface area contributed by atoms with Crippen LogP contribution in [0.2, 0.25) is 0 Å². The molecule has 0 aliphatic carbocycles. The van der Waals surface area contributed by atoms with Crippen LogP contribution in [0, 0.1) is 68.0 Å². The van der Waals surface area contributed by atoms with Gasteiger partial charge in [0, 0.05) is 32.7 Å². The van der Waals surface area contributed by atoms with Crippen LogP contribution in [-0.4, -0.2) is 9.13 Å². The van der Waals surface area contributed by atoms with Crippen LogP contribution in [0.25, 0.3) is 88.4 Å². The molecule has 8 heteroatoms. The topological polar surface area (TPSA) is 153 Å². The van der Waals surface area contributed by atoms with Crippen LogP contribution >= 0.6 is 0 Å². The van der Waals surface area contributed by atoms with E-state index in [-0.39, 0.29) is 0 Å². The van der Waals surface area contributed by atoms with Gasteiger partial charge in [-0.2, -0.15) is 31.6 Å². The van der Waals surface area contributed by atoms with Crippen molar-refractivity contribution >= 4 is 43.6 Å². The summed E-state index contributed by atoms with van der Waals surface area (Å²) >= 11 is 0. The molecule has 0 atom stereocenters. The smallest absolute Gasteiger partial charge is 0.0998 e. The number of nitrogens with zero attached hydrogens (tertiary/aromatic N) is 8. The molecule has 0 saturated heterocycles. The molecule has 8 nitrogen and oxygen atoms in total. The molecule has 2 aromatic heterocycles. The molecule has 0 unspecified atom stereocenters. The van der Waals surface area contributed by atoms with Crippen LogP contribution in [0.5, 0.6) is 0 Å². The van der Waals surface area contributed by atoms with E-state index in [2.05, 4.69) is 69.8 Å². The number of hydrogen-bond donors (Lipinski definition) is 0. The SMILES string of the molecule is N#Cc1ccc(-c2ccc3c(c2)c2ccccc2n3-c2ccc(C#N)cc2-c2c(C#N)cccc2-n2c3ccccc3c3cc(-c4ccc(C#N)cc4C#N)ccc32)c(C#N)c1. The third-order valence-electron chi connectivity index (χ3n) is 11.5. The number of para-hydroxylation sites is 2. The Hall–Kier alpha value is -9.70. The van der Waals surface area contributed by atoms with E-state index < -0.39 is 0 Å². The quantitative estimate of drug-likeness (QED) is 0.169. The Labute approximate surface area is 355 Å². The first kappa shape index (κ1) is 36.6. The lowest BCUT2D eigenvalue weighted by atomic mass is 9.94. The molecule has 62 heavy (non-hydrogen) atoms. The second kappa shape index (κ2) is 14.6. The van der Waals surface area contributed by atoms with Gasteiger partial charge in [-0.25, -0.2) is 0 Å².